The summed E-state index contributed by atoms with van der Waals surface area (Å²) in [4.78, 5) is 4.32. The maximum Gasteiger partial charge on any atom is 0.194 e. The Morgan fingerprint density at radius 2 is 1.95 bits per heavy atom. The second kappa shape index (κ2) is 8.44. The van der Waals surface area contributed by atoms with Gasteiger partial charge in [0.05, 0.1) is 19.9 Å². The number of methoxy groups -OCH3 is 2. The summed E-state index contributed by atoms with van der Waals surface area (Å²) in [6.45, 7) is 2.55. The fourth-order valence-electron chi connectivity index (χ4n) is 1.98. The third-order valence-corrected chi connectivity index (χ3v) is 3.16. The molecule has 0 atom stereocenters. The zero-order valence-corrected chi connectivity index (χ0v) is 12.6. The van der Waals surface area contributed by atoms with Crippen LogP contribution >= 0.6 is 0 Å². The van der Waals surface area contributed by atoms with Crippen molar-refractivity contribution in [1.82, 2.24) is 10.3 Å². The van der Waals surface area contributed by atoms with Crippen LogP contribution in [-0.2, 0) is 11.2 Å². The minimum Gasteiger partial charge on any atom is -0.497 e. The monoisotopic (exact) mass is 290 g/mol. The molecule has 0 spiro atoms. The third kappa shape index (κ3) is 4.88. The lowest BCUT2D eigenvalue weighted by Gasteiger charge is -2.02. The topological polar surface area (TPSA) is 56.5 Å². The van der Waals surface area contributed by atoms with E-state index in [-0.39, 0.29) is 0 Å². The smallest absolute Gasteiger partial charge is 0.194 e. The van der Waals surface area contributed by atoms with E-state index >= 15 is 0 Å². The van der Waals surface area contributed by atoms with Crippen molar-refractivity contribution >= 4 is 0 Å². The number of benzene rings is 1. The van der Waals surface area contributed by atoms with Gasteiger partial charge in [-0.2, -0.15) is 0 Å². The van der Waals surface area contributed by atoms with Crippen LogP contribution < -0.4 is 10.1 Å². The lowest BCUT2D eigenvalue weighted by atomic mass is 10.2. The molecule has 1 heterocycles. The third-order valence-electron chi connectivity index (χ3n) is 3.16. The second-order valence-corrected chi connectivity index (χ2v) is 4.69. The zero-order chi connectivity index (χ0) is 14.9. The van der Waals surface area contributed by atoms with E-state index in [1.807, 2.05) is 24.3 Å². The number of aromatic nitrogens is 1. The molecule has 21 heavy (non-hydrogen) atoms. The van der Waals surface area contributed by atoms with Gasteiger partial charge in [-0.1, -0.05) is 0 Å². The maximum absolute atomic E-state index is 5.77. The van der Waals surface area contributed by atoms with Crippen LogP contribution in [0.3, 0.4) is 0 Å². The lowest BCUT2D eigenvalue weighted by molar-refractivity contribution is 0.199. The van der Waals surface area contributed by atoms with E-state index in [2.05, 4.69) is 10.3 Å². The van der Waals surface area contributed by atoms with Crippen LogP contribution in [0.2, 0.25) is 0 Å². The molecule has 0 bridgehead atoms. The lowest BCUT2D eigenvalue weighted by Crippen LogP contribution is -2.20. The molecule has 0 amide bonds. The van der Waals surface area contributed by atoms with Crippen molar-refractivity contribution in [3.05, 3.63) is 36.4 Å². The molecule has 1 N–H and O–H groups in total. The number of nitrogens with zero attached hydrogens (tertiary/aromatic N) is 1. The highest BCUT2D eigenvalue weighted by molar-refractivity contribution is 5.57. The molecule has 0 saturated heterocycles. The molecule has 2 rings (SSSR count). The summed E-state index contributed by atoms with van der Waals surface area (Å²) in [7, 11) is 3.36. The van der Waals surface area contributed by atoms with E-state index < -0.39 is 0 Å². The van der Waals surface area contributed by atoms with Crippen LogP contribution in [0.25, 0.3) is 11.3 Å². The number of oxazole rings is 1. The Morgan fingerprint density at radius 1 is 1.14 bits per heavy atom. The maximum atomic E-state index is 5.77. The van der Waals surface area contributed by atoms with Crippen LogP contribution in [-0.4, -0.2) is 38.9 Å². The van der Waals surface area contributed by atoms with Crippen LogP contribution in [0.5, 0.6) is 5.75 Å². The predicted molar refractivity (Wildman–Crippen MR) is 81.6 cm³/mol. The van der Waals surface area contributed by atoms with Crippen molar-refractivity contribution in [3.63, 3.8) is 0 Å². The Hall–Kier alpha value is -1.85. The molecular formula is C16H22N2O3. The molecule has 1 aromatic heterocycles. The van der Waals surface area contributed by atoms with Gasteiger partial charge in [-0.3, -0.25) is 0 Å². The van der Waals surface area contributed by atoms with E-state index in [1.54, 1.807) is 20.4 Å². The van der Waals surface area contributed by atoms with Crippen LogP contribution in [0.1, 0.15) is 12.3 Å². The van der Waals surface area contributed by atoms with E-state index in [4.69, 9.17) is 13.9 Å². The molecule has 0 fully saturated rings. The Labute approximate surface area is 125 Å². The molecule has 2 aromatic rings. The van der Waals surface area contributed by atoms with Crippen molar-refractivity contribution in [2.75, 3.05) is 33.9 Å². The number of hydrogen-bond donors (Lipinski definition) is 1. The highest BCUT2D eigenvalue weighted by Gasteiger charge is 2.06. The van der Waals surface area contributed by atoms with E-state index in [0.29, 0.717) is 0 Å². The molecule has 0 radical (unpaired) electrons. The van der Waals surface area contributed by atoms with Crippen molar-refractivity contribution in [2.24, 2.45) is 0 Å². The summed E-state index contributed by atoms with van der Waals surface area (Å²) in [6.07, 6.45) is 3.60. The van der Waals surface area contributed by atoms with Gasteiger partial charge in [-0.15, -0.1) is 0 Å². The summed E-state index contributed by atoms with van der Waals surface area (Å²) >= 11 is 0. The Balaban J connectivity index is 1.80. The quantitative estimate of drug-likeness (QED) is 0.719. The van der Waals surface area contributed by atoms with Crippen LogP contribution in [0, 0.1) is 0 Å². The molecule has 0 unspecified atom stereocenters. The predicted octanol–water partition coefficient (Wildman–Crippen LogP) is 2.52. The number of ether oxygens (including phenoxy) is 2. The molecule has 0 aliphatic heterocycles. The summed E-state index contributed by atoms with van der Waals surface area (Å²) in [5, 5.41) is 3.30. The highest BCUT2D eigenvalue weighted by Crippen LogP contribution is 2.23. The van der Waals surface area contributed by atoms with E-state index in [9.17, 15) is 0 Å². The normalized spacial score (nSPS) is 10.8. The van der Waals surface area contributed by atoms with Gasteiger partial charge in [0.15, 0.2) is 11.7 Å². The first-order valence-corrected chi connectivity index (χ1v) is 7.12. The standard InChI is InChI=1S/C16H22N2O3/c1-19-11-10-17-9-3-4-16-18-12-15(21-16)13-5-7-14(20-2)8-6-13/h5-8,12,17H,3-4,9-11H2,1-2H3. The summed E-state index contributed by atoms with van der Waals surface area (Å²) in [5.41, 5.74) is 1.01. The Kier molecular flexibility index (Phi) is 6.24. The average molecular weight is 290 g/mol. The van der Waals surface area contributed by atoms with Crippen molar-refractivity contribution in [3.8, 4) is 17.1 Å². The number of hydrogen-bond acceptors (Lipinski definition) is 5. The van der Waals surface area contributed by atoms with E-state index in [1.165, 1.54) is 0 Å². The Bertz CT molecular complexity index is 523. The number of nitrogens with one attached hydrogen (secondary N) is 1. The van der Waals surface area contributed by atoms with Gasteiger partial charge in [0.2, 0.25) is 0 Å². The minimum absolute atomic E-state index is 0.737. The van der Waals surface area contributed by atoms with Crippen LogP contribution in [0.15, 0.2) is 34.9 Å². The first kappa shape index (κ1) is 15.5. The second-order valence-electron chi connectivity index (χ2n) is 4.69. The molecular weight excluding hydrogens is 268 g/mol. The largest absolute Gasteiger partial charge is 0.497 e. The SMILES string of the molecule is COCCNCCCc1ncc(-c2ccc(OC)cc2)o1. The minimum atomic E-state index is 0.737. The van der Waals surface area contributed by atoms with Gasteiger partial charge in [0, 0.05) is 25.6 Å². The zero-order valence-electron chi connectivity index (χ0n) is 12.6. The van der Waals surface area contributed by atoms with Gasteiger partial charge >= 0.3 is 0 Å². The first-order valence-electron chi connectivity index (χ1n) is 7.12. The summed E-state index contributed by atoms with van der Waals surface area (Å²) in [5.74, 6) is 2.40. The molecule has 0 saturated carbocycles. The molecule has 5 heteroatoms. The van der Waals surface area contributed by atoms with Crippen molar-refractivity contribution in [2.45, 2.75) is 12.8 Å². The fraction of sp³-hybridized carbons (Fsp3) is 0.438. The van der Waals surface area contributed by atoms with Gasteiger partial charge in [-0.05, 0) is 37.2 Å². The van der Waals surface area contributed by atoms with E-state index in [0.717, 1.165) is 55.5 Å². The van der Waals surface area contributed by atoms with Crippen molar-refractivity contribution in [1.29, 1.82) is 0 Å². The highest BCUT2D eigenvalue weighted by atomic mass is 16.5. The van der Waals surface area contributed by atoms with Gasteiger partial charge < -0.3 is 19.2 Å². The van der Waals surface area contributed by atoms with Gasteiger partial charge in [0.1, 0.15) is 5.75 Å². The summed E-state index contributed by atoms with van der Waals surface area (Å²) < 4.78 is 15.9. The number of aryl methyl sites for hydroxylation is 1. The van der Waals surface area contributed by atoms with Crippen molar-refractivity contribution < 1.29 is 13.9 Å². The van der Waals surface area contributed by atoms with Crippen LogP contribution in [0.4, 0.5) is 0 Å². The molecule has 0 aliphatic rings. The number of rotatable bonds is 9. The molecule has 114 valence electrons. The molecule has 5 nitrogen and oxygen atoms in total. The average Bonchev–Trinajstić information content (AvgIpc) is 3.00. The molecule has 1 aromatic carbocycles. The summed E-state index contributed by atoms with van der Waals surface area (Å²) in [6, 6.07) is 7.76. The Morgan fingerprint density at radius 3 is 2.67 bits per heavy atom. The fourth-order valence-corrected chi connectivity index (χ4v) is 1.98. The molecule has 0 aliphatic carbocycles. The van der Waals surface area contributed by atoms with Gasteiger partial charge in [0.25, 0.3) is 0 Å². The first-order chi connectivity index (χ1) is 10.3. The van der Waals surface area contributed by atoms with Gasteiger partial charge in [-0.25, -0.2) is 4.98 Å².